The smallest absolute Gasteiger partial charge is 0.303 e. The molecule has 1 aliphatic heterocycles. The third-order valence-corrected chi connectivity index (χ3v) is 6.12. The summed E-state index contributed by atoms with van der Waals surface area (Å²) in [6.07, 6.45) is 3.54. The maximum Gasteiger partial charge on any atom is 0.329 e. The lowest BCUT2D eigenvalue weighted by atomic mass is 10.1. The lowest BCUT2D eigenvalue weighted by molar-refractivity contribution is -0.123. The fourth-order valence-electron chi connectivity index (χ4n) is 3.86. The summed E-state index contributed by atoms with van der Waals surface area (Å²) < 4.78 is 1.81. The van der Waals surface area contributed by atoms with Gasteiger partial charge in [-0.25, -0.2) is 4.79 Å². The number of imide groups is 1. The molecule has 8 heteroatoms. The number of urea groups is 1. The maximum absolute atomic E-state index is 13.1. The molecule has 0 bridgehead atoms. The van der Waals surface area contributed by atoms with Crippen LogP contribution in [0, 0.1) is 0 Å². The van der Waals surface area contributed by atoms with Gasteiger partial charge in [0.2, 0.25) is 0 Å². The van der Waals surface area contributed by atoms with Gasteiger partial charge in [-0.3, -0.25) is 14.4 Å². The van der Waals surface area contributed by atoms with Crippen molar-refractivity contribution < 1.29 is 9.59 Å². The van der Waals surface area contributed by atoms with Crippen molar-refractivity contribution >= 4 is 41.2 Å². The number of hydrogen-bond donors (Lipinski definition) is 1. The van der Waals surface area contributed by atoms with E-state index in [1.165, 1.54) is 4.90 Å². The van der Waals surface area contributed by atoms with E-state index in [0.29, 0.717) is 22.3 Å². The van der Waals surface area contributed by atoms with Crippen molar-refractivity contribution in [1.82, 2.24) is 20.0 Å². The molecule has 3 amide bonds. The number of amides is 3. The highest BCUT2D eigenvalue weighted by Gasteiger charge is 2.33. The molecular weight excluding hydrogens is 483 g/mol. The predicted molar refractivity (Wildman–Crippen MR) is 137 cm³/mol. The zero-order valence-corrected chi connectivity index (χ0v) is 20.0. The molecule has 0 unspecified atom stereocenters. The van der Waals surface area contributed by atoms with E-state index in [1.54, 1.807) is 30.3 Å². The summed E-state index contributed by atoms with van der Waals surface area (Å²) in [5.41, 5.74) is 4.39. The second-order valence-electron chi connectivity index (χ2n) is 8.13. The van der Waals surface area contributed by atoms with E-state index in [-0.39, 0.29) is 12.2 Å². The van der Waals surface area contributed by atoms with Crippen LogP contribution in [0.3, 0.4) is 0 Å². The van der Waals surface area contributed by atoms with Crippen LogP contribution in [0.5, 0.6) is 0 Å². The highest BCUT2D eigenvalue weighted by Crippen LogP contribution is 2.26. The average molecular weight is 503 g/mol. The van der Waals surface area contributed by atoms with Crippen molar-refractivity contribution in [3.63, 3.8) is 0 Å². The predicted octanol–water partition coefficient (Wildman–Crippen LogP) is 6.00. The SMILES string of the molecule is O=C1N/C(=C\c2cn(Cc3ccc(Cl)cc3)nc2-c2ccccc2)C(=O)N1Cc1ccc(Cl)cc1. The molecular formula is C27H20Cl2N4O2. The number of nitrogens with zero attached hydrogens (tertiary/aromatic N) is 3. The summed E-state index contributed by atoms with van der Waals surface area (Å²) in [6, 6.07) is 23.8. The zero-order chi connectivity index (χ0) is 24.4. The lowest BCUT2D eigenvalue weighted by Crippen LogP contribution is -2.30. The van der Waals surface area contributed by atoms with Crippen LogP contribution < -0.4 is 5.32 Å². The molecule has 4 aromatic rings. The van der Waals surface area contributed by atoms with Crippen LogP contribution in [0.25, 0.3) is 17.3 Å². The van der Waals surface area contributed by atoms with Crippen LogP contribution >= 0.6 is 23.2 Å². The van der Waals surface area contributed by atoms with Crippen molar-refractivity contribution in [2.45, 2.75) is 13.1 Å². The van der Waals surface area contributed by atoms with Crippen molar-refractivity contribution in [2.24, 2.45) is 0 Å². The second kappa shape index (κ2) is 9.78. The van der Waals surface area contributed by atoms with Gasteiger partial charge in [0, 0.05) is 27.4 Å². The average Bonchev–Trinajstić information content (AvgIpc) is 3.38. The molecule has 35 heavy (non-hydrogen) atoms. The minimum atomic E-state index is -0.467. The summed E-state index contributed by atoms with van der Waals surface area (Å²) in [6.45, 7) is 0.684. The first-order chi connectivity index (χ1) is 17.0. The standard InChI is InChI=1S/C27H20Cl2N4O2/c28-22-10-6-18(7-11-22)15-32-17-21(25(31-32)20-4-2-1-3-5-20)14-24-26(34)33(27(35)30-24)16-19-8-12-23(29)13-9-19/h1-14,17H,15-16H2,(H,30,35)/b24-14-. The van der Waals surface area contributed by atoms with E-state index in [9.17, 15) is 9.59 Å². The van der Waals surface area contributed by atoms with Gasteiger partial charge in [-0.2, -0.15) is 5.10 Å². The first-order valence-corrected chi connectivity index (χ1v) is 11.7. The van der Waals surface area contributed by atoms with Crippen LogP contribution in [-0.4, -0.2) is 26.6 Å². The minimum absolute atomic E-state index is 0.153. The Kier molecular flexibility index (Phi) is 6.40. The Labute approximate surface area is 212 Å². The molecule has 6 nitrogen and oxygen atoms in total. The molecule has 0 spiro atoms. The number of nitrogens with one attached hydrogen (secondary N) is 1. The number of hydrogen-bond acceptors (Lipinski definition) is 3. The number of rotatable bonds is 6. The van der Waals surface area contributed by atoms with Gasteiger partial charge >= 0.3 is 6.03 Å². The summed E-state index contributed by atoms with van der Waals surface area (Å²) >= 11 is 11.9. The fourth-order valence-corrected chi connectivity index (χ4v) is 4.12. The monoisotopic (exact) mass is 502 g/mol. The zero-order valence-electron chi connectivity index (χ0n) is 18.5. The van der Waals surface area contributed by atoms with Crippen LogP contribution in [0.4, 0.5) is 4.79 Å². The molecule has 1 fully saturated rings. The van der Waals surface area contributed by atoms with Gasteiger partial charge in [-0.05, 0) is 41.5 Å². The molecule has 0 radical (unpaired) electrons. The summed E-state index contributed by atoms with van der Waals surface area (Å²) in [7, 11) is 0. The van der Waals surface area contributed by atoms with E-state index in [4.69, 9.17) is 28.3 Å². The minimum Gasteiger partial charge on any atom is -0.303 e. The van der Waals surface area contributed by atoms with Crippen LogP contribution in [-0.2, 0) is 17.9 Å². The Morgan fingerprint density at radius 2 is 1.40 bits per heavy atom. The number of benzene rings is 3. The normalized spacial score (nSPS) is 14.6. The van der Waals surface area contributed by atoms with Crippen LogP contribution in [0.1, 0.15) is 16.7 Å². The first-order valence-electron chi connectivity index (χ1n) is 10.9. The number of carbonyl (C=O) groups is 2. The lowest BCUT2D eigenvalue weighted by Gasteiger charge is -2.11. The first kappa shape index (κ1) is 22.9. The third kappa shape index (κ3) is 5.14. The highest BCUT2D eigenvalue weighted by molar-refractivity contribution is 6.30. The van der Waals surface area contributed by atoms with Crippen molar-refractivity contribution in [3.8, 4) is 11.3 Å². The summed E-state index contributed by atoms with van der Waals surface area (Å²) in [5, 5.41) is 8.73. The van der Waals surface area contributed by atoms with Gasteiger partial charge < -0.3 is 5.32 Å². The third-order valence-electron chi connectivity index (χ3n) is 5.61. The molecule has 0 aliphatic carbocycles. The Balaban J connectivity index is 1.45. The molecule has 1 saturated heterocycles. The Morgan fingerprint density at radius 3 is 2.03 bits per heavy atom. The van der Waals surface area contributed by atoms with Crippen molar-refractivity contribution in [1.29, 1.82) is 0 Å². The van der Waals surface area contributed by atoms with Crippen LogP contribution in [0.15, 0.2) is 90.8 Å². The number of aromatic nitrogens is 2. The van der Waals surface area contributed by atoms with E-state index < -0.39 is 11.9 Å². The van der Waals surface area contributed by atoms with E-state index in [2.05, 4.69) is 5.32 Å². The Hall–Kier alpha value is -3.87. The molecule has 1 aromatic heterocycles. The van der Waals surface area contributed by atoms with Gasteiger partial charge in [-0.1, -0.05) is 77.8 Å². The van der Waals surface area contributed by atoms with Crippen LogP contribution in [0.2, 0.25) is 10.0 Å². The summed E-state index contributed by atoms with van der Waals surface area (Å²) in [4.78, 5) is 26.8. The molecule has 0 saturated carbocycles. The van der Waals surface area contributed by atoms with Gasteiger partial charge in [0.1, 0.15) is 5.70 Å². The van der Waals surface area contributed by atoms with Gasteiger partial charge in [0.15, 0.2) is 0 Å². The largest absolute Gasteiger partial charge is 0.329 e. The van der Waals surface area contributed by atoms with Crippen molar-refractivity contribution in [3.05, 3.63) is 117 Å². The maximum atomic E-state index is 13.1. The quantitative estimate of drug-likeness (QED) is 0.259. The second-order valence-corrected chi connectivity index (χ2v) is 9.00. The molecule has 5 rings (SSSR count). The van der Waals surface area contributed by atoms with Gasteiger partial charge in [0.05, 0.1) is 18.8 Å². The molecule has 2 heterocycles. The summed E-state index contributed by atoms with van der Waals surface area (Å²) in [5.74, 6) is -0.394. The highest BCUT2D eigenvalue weighted by atomic mass is 35.5. The molecule has 3 aromatic carbocycles. The fraction of sp³-hybridized carbons (Fsp3) is 0.0741. The Bertz CT molecular complexity index is 1410. The molecule has 174 valence electrons. The Morgan fingerprint density at radius 1 is 0.800 bits per heavy atom. The molecule has 0 atom stereocenters. The van der Waals surface area contributed by atoms with Crippen molar-refractivity contribution in [2.75, 3.05) is 0 Å². The number of halogens is 2. The van der Waals surface area contributed by atoms with E-state index in [0.717, 1.165) is 22.3 Å². The molecule has 1 N–H and O–H groups in total. The van der Waals surface area contributed by atoms with Gasteiger partial charge in [-0.15, -0.1) is 0 Å². The van der Waals surface area contributed by atoms with E-state index in [1.807, 2.05) is 65.5 Å². The molecule has 1 aliphatic rings. The topological polar surface area (TPSA) is 67.2 Å². The van der Waals surface area contributed by atoms with E-state index >= 15 is 0 Å². The number of carbonyl (C=O) groups excluding carboxylic acids is 2. The van der Waals surface area contributed by atoms with Gasteiger partial charge in [0.25, 0.3) is 5.91 Å².